The first-order valence-electron chi connectivity index (χ1n) is 6.39. The van der Waals surface area contributed by atoms with Crippen molar-refractivity contribution in [1.82, 2.24) is 0 Å². The maximum absolute atomic E-state index is 11.4. The van der Waals surface area contributed by atoms with Crippen molar-refractivity contribution in [3.63, 3.8) is 0 Å². The summed E-state index contributed by atoms with van der Waals surface area (Å²) in [7, 11) is 0. The minimum Gasteiger partial charge on any atom is -0.432 e. The van der Waals surface area contributed by atoms with E-state index in [0.717, 1.165) is 0 Å². The van der Waals surface area contributed by atoms with Crippen LogP contribution in [0.25, 0.3) is 0 Å². The van der Waals surface area contributed by atoms with E-state index in [1.165, 1.54) is 6.92 Å². The minimum absolute atomic E-state index is 0.0121. The Labute approximate surface area is 118 Å². The molecule has 0 unspecified atom stereocenters. The normalized spacial score (nSPS) is 12.9. The van der Waals surface area contributed by atoms with Gasteiger partial charge in [-0.1, -0.05) is 13.8 Å². The number of carbonyl (C=O) groups is 1. The van der Waals surface area contributed by atoms with Crippen LogP contribution in [0.4, 0.5) is 4.79 Å². The van der Waals surface area contributed by atoms with Crippen molar-refractivity contribution in [3.8, 4) is 0 Å². The van der Waals surface area contributed by atoms with Crippen molar-refractivity contribution >= 4 is 6.16 Å². The molecule has 1 atom stereocenters. The van der Waals surface area contributed by atoms with Gasteiger partial charge >= 0.3 is 6.16 Å². The van der Waals surface area contributed by atoms with Crippen LogP contribution in [0, 0.1) is 16.0 Å². The largest absolute Gasteiger partial charge is 0.508 e. The SMILES string of the molecule is CC(C)C(C)(C)OC(=O)OCCOC[C@@H](C)O[N+](=O)[O-]. The molecule has 0 aliphatic carbocycles. The summed E-state index contributed by atoms with van der Waals surface area (Å²) in [5.74, 6) is 0.159. The lowest BCUT2D eigenvalue weighted by Gasteiger charge is -2.28. The molecule has 0 radical (unpaired) electrons. The molecule has 0 saturated carbocycles. The minimum atomic E-state index is -0.879. The fourth-order valence-corrected chi connectivity index (χ4v) is 0.973. The second-order valence-corrected chi connectivity index (χ2v) is 5.17. The fourth-order valence-electron chi connectivity index (χ4n) is 0.973. The first kappa shape index (κ1) is 18.4. The predicted octanol–water partition coefficient (Wildman–Crippen LogP) is 2.19. The van der Waals surface area contributed by atoms with Crippen molar-refractivity contribution < 1.29 is 28.9 Å². The van der Waals surface area contributed by atoms with E-state index in [1.807, 2.05) is 13.8 Å². The third-order valence-corrected chi connectivity index (χ3v) is 2.80. The molecule has 8 heteroatoms. The van der Waals surface area contributed by atoms with Crippen LogP contribution in [0.1, 0.15) is 34.6 Å². The average molecular weight is 293 g/mol. The van der Waals surface area contributed by atoms with Crippen molar-refractivity contribution in [2.75, 3.05) is 19.8 Å². The molecule has 118 valence electrons. The van der Waals surface area contributed by atoms with Crippen molar-refractivity contribution in [1.29, 1.82) is 0 Å². The Morgan fingerprint density at radius 1 is 1.25 bits per heavy atom. The van der Waals surface area contributed by atoms with Gasteiger partial charge in [-0.3, -0.25) is 0 Å². The maximum atomic E-state index is 11.4. The molecule has 0 amide bonds. The van der Waals surface area contributed by atoms with E-state index in [-0.39, 0.29) is 25.7 Å². The van der Waals surface area contributed by atoms with Gasteiger partial charge < -0.3 is 19.0 Å². The summed E-state index contributed by atoms with van der Waals surface area (Å²) in [5.41, 5.74) is -0.605. The Hall–Kier alpha value is -1.57. The summed E-state index contributed by atoms with van der Waals surface area (Å²) in [6.07, 6.45) is -1.43. The number of rotatable bonds is 9. The predicted molar refractivity (Wildman–Crippen MR) is 69.7 cm³/mol. The molecule has 0 heterocycles. The molecule has 0 saturated heterocycles. The van der Waals surface area contributed by atoms with Gasteiger partial charge in [0.15, 0.2) is 0 Å². The number of carbonyl (C=O) groups excluding carboxylic acids is 1. The fraction of sp³-hybridized carbons (Fsp3) is 0.917. The van der Waals surface area contributed by atoms with Crippen LogP contribution in [0.2, 0.25) is 0 Å². The van der Waals surface area contributed by atoms with E-state index >= 15 is 0 Å². The summed E-state index contributed by atoms with van der Waals surface area (Å²) in [6, 6.07) is 0. The Balaban J connectivity index is 3.70. The zero-order chi connectivity index (χ0) is 15.8. The van der Waals surface area contributed by atoms with Crippen LogP contribution in [0.5, 0.6) is 0 Å². The molecule has 0 aliphatic rings. The Morgan fingerprint density at radius 3 is 2.35 bits per heavy atom. The summed E-state index contributed by atoms with van der Waals surface area (Å²) in [5, 5.41) is 9.14. The van der Waals surface area contributed by atoms with Crippen LogP contribution in [0.15, 0.2) is 0 Å². The molecule has 0 aromatic carbocycles. The van der Waals surface area contributed by atoms with Gasteiger partial charge in [0.2, 0.25) is 0 Å². The van der Waals surface area contributed by atoms with Gasteiger partial charge in [0.05, 0.1) is 13.2 Å². The van der Waals surface area contributed by atoms with Gasteiger partial charge in [-0.25, -0.2) is 4.79 Å². The van der Waals surface area contributed by atoms with E-state index in [9.17, 15) is 14.9 Å². The molecule has 20 heavy (non-hydrogen) atoms. The van der Waals surface area contributed by atoms with Crippen LogP contribution in [0.3, 0.4) is 0 Å². The van der Waals surface area contributed by atoms with Crippen LogP contribution in [-0.4, -0.2) is 42.8 Å². The van der Waals surface area contributed by atoms with E-state index < -0.39 is 22.9 Å². The van der Waals surface area contributed by atoms with Gasteiger partial charge in [-0.15, -0.1) is 10.1 Å². The topological polar surface area (TPSA) is 97.1 Å². The molecular formula is C12H23NO7. The monoisotopic (exact) mass is 293 g/mol. The van der Waals surface area contributed by atoms with Gasteiger partial charge in [0.1, 0.15) is 18.3 Å². The Morgan fingerprint density at radius 2 is 1.85 bits per heavy atom. The quantitative estimate of drug-likeness (QED) is 0.278. The van der Waals surface area contributed by atoms with Crippen molar-refractivity contribution in [2.24, 2.45) is 5.92 Å². The third kappa shape index (κ3) is 8.52. The van der Waals surface area contributed by atoms with Crippen LogP contribution in [-0.2, 0) is 19.0 Å². The van der Waals surface area contributed by atoms with E-state index in [2.05, 4.69) is 4.84 Å². The number of hydrogen-bond donors (Lipinski definition) is 0. The smallest absolute Gasteiger partial charge is 0.432 e. The molecular weight excluding hydrogens is 270 g/mol. The van der Waals surface area contributed by atoms with E-state index in [4.69, 9.17) is 14.2 Å². The first-order valence-corrected chi connectivity index (χ1v) is 6.39. The zero-order valence-electron chi connectivity index (χ0n) is 12.6. The zero-order valence-corrected chi connectivity index (χ0v) is 12.6. The van der Waals surface area contributed by atoms with Gasteiger partial charge in [0, 0.05) is 0 Å². The highest BCUT2D eigenvalue weighted by Crippen LogP contribution is 2.20. The molecule has 0 rings (SSSR count). The standard InChI is InChI=1S/C12H23NO7/c1-9(2)12(4,5)19-11(14)18-7-6-17-8-10(3)20-13(15)16/h9-10H,6-8H2,1-5H3/t10-/m1/s1. The highest BCUT2D eigenvalue weighted by Gasteiger charge is 2.27. The third-order valence-electron chi connectivity index (χ3n) is 2.80. The summed E-state index contributed by atoms with van der Waals surface area (Å²) in [6.45, 7) is 9.14. The molecule has 0 spiro atoms. The maximum Gasteiger partial charge on any atom is 0.508 e. The molecule has 0 aromatic heterocycles. The average Bonchev–Trinajstić information content (AvgIpc) is 2.26. The van der Waals surface area contributed by atoms with E-state index in [0.29, 0.717) is 0 Å². The summed E-state index contributed by atoms with van der Waals surface area (Å²) < 4.78 is 15.0. The second-order valence-electron chi connectivity index (χ2n) is 5.17. The highest BCUT2D eigenvalue weighted by atomic mass is 17.0. The summed E-state index contributed by atoms with van der Waals surface area (Å²) in [4.78, 5) is 25.6. The lowest BCUT2D eigenvalue weighted by atomic mass is 9.95. The first-order chi connectivity index (χ1) is 9.15. The Kier molecular flexibility index (Phi) is 7.90. The van der Waals surface area contributed by atoms with Gasteiger partial charge in [-0.05, 0) is 26.7 Å². The molecule has 0 aromatic rings. The van der Waals surface area contributed by atoms with Gasteiger partial charge in [-0.2, -0.15) is 0 Å². The Bertz CT molecular complexity index is 317. The van der Waals surface area contributed by atoms with Crippen LogP contribution < -0.4 is 0 Å². The molecule has 0 N–H and O–H groups in total. The van der Waals surface area contributed by atoms with Crippen molar-refractivity contribution in [2.45, 2.75) is 46.3 Å². The van der Waals surface area contributed by atoms with Gasteiger partial charge in [0.25, 0.3) is 5.09 Å². The lowest BCUT2D eigenvalue weighted by Crippen LogP contribution is -2.34. The molecule has 0 bridgehead atoms. The summed E-state index contributed by atoms with van der Waals surface area (Å²) >= 11 is 0. The van der Waals surface area contributed by atoms with Crippen molar-refractivity contribution in [3.05, 3.63) is 10.1 Å². The second kappa shape index (κ2) is 8.57. The lowest BCUT2D eigenvalue weighted by molar-refractivity contribution is -0.768. The molecule has 8 nitrogen and oxygen atoms in total. The van der Waals surface area contributed by atoms with Crippen LogP contribution >= 0.6 is 0 Å². The molecule has 0 fully saturated rings. The number of ether oxygens (including phenoxy) is 3. The highest BCUT2D eigenvalue weighted by molar-refractivity contribution is 5.60. The number of nitrogens with zero attached hydrogens (tertiary/aromatic N) is 1. The molecule has 0 aliphatic heterocycles. The van der Waals surface area contributed by atoms with E-state index in [1.54, 1.807) is 13.8 Å². The number of hydrogen-bond acceptors (Lipinski definition) is 7.